The van der Waals surface area contributed by atoms with Gasteiger partial charge in [-0.15, -0.1) is 6.42 Å². The molecule has 1 atom stereocenters. The standard InChI is InChI=1S/C14H26N2/c1-4-8-15-10-13(3)11-16(9-5-2)12-14-6-7-14/h2,13-15H,4,6-12H2,1,3H3. The Balaban J connectivity index is 2.15. The Morgan fingerprint density at radius 1 is 1.50 bits per heavy atom. The van der Waals surface area contributed by atoms with E-state index >= 15 is 0 Å². The molecule has 16 heavy (non-hydrogen) atoms. The molecule has 2 nitrogen and oxygen atoms in total. The number of hydrogen-bond donors (Lipinski definition) is 1. The van der Waals surface area contributed by atoms with Gasteiger partial charge in [-0.25, -0.2) is 0 Å². The lowest BCUT2D eigenvalue weighted by Crippen LogP contribution is -2.35. The minimum Gasteiger partial charge on any atom is -0.316 e. The molecule has 1 N–H and O–H groups in total. The molecule has 1 saturated carbocycles. The highest BCUT2D eigenvalue weighted by atomic mass is 15.1. The molecule has 0 spiro atoms. The van der Waals surface area contributed by atoms with Gasteiger partial charge in [-0.3, -0.25) is 4.90 Å². The van der Waals surface area contributed by atoms with Gasteiger partial charge in [0.25, 0.3) is 0 Å². The highest BCUT2D eigenvalue weighted by Gasteiger charge is 2.24. The molecule has 92 valence electrons. The van der Waals surface area contributed by atoms with Crippen LogP contribution in [0.5, 0.6) is 0 Å². The van der Waals surface area contributed by atoms with Crippen LogP contribution < -0.4 is 5.32 Å². The average molecular weight is 222 g/mol. The molecule has 0 amide bonds. The Kier molecular flexibility index (Phi) is 6.52. The average Bonchev–Trinajstić information content (AvgIpc) is 3.02. The summed E-state index contributed by atoms with van der Waals surface area (Å²) in [6.45, 7) is 9.91. The van der Waals surface area contributed by atoms with Crippen LogP contribution in [0.25, 0.3) is 0 Å². The van der Waals surface area contributed by atoms with Crippen LogP contribution >= 0.6 is 0 Å². The third-order valence-corrected chi connectivity index (χ3v) is 3.02. The highest BCUT2D eigenvalue weighted by Crippen LogP contribution is 2.29. The molecular weight excluding hydrogens is 196 g/mol. The Labute approximate surface area is 101 Å². The maximum absolute atomic E-state index is 5.42. The molecule has 0 saturated heterocycles. The predicted molar refractivity (Wildman–Crippen MR) is 70.3 cm³/mol. The van der Waals surface area contributed by atoms with Crippen molar-refractivity contribution in [1.82, 2.24) is 10.2 Å². The normalized spacial score (nSPS) is 17.4. The maximum atomic E-state index is 5.42. The molecule has 0 radical (unpaired) electrons. The zero-order valence-electron chi connectivity index (χ0n) is 10.8. The number of hydrogen-bond acceptors (Lipinski definition) is 2. The molecule has 1 unspecified atom stereocenters. The van der Waals surface area contributed by atoms with E-state index in [1.807, 2.05) is 0 Å². The van der Waals surface area contributed by atoms with Gasteiger partial charge in [-0.1, -0.05) is 19.8 Å². The van der Waals surface area contributed by atoms with Gasteiger partial charge in [-0.2, -0.15) is 0 Å². The first kappa shape index (κ1) is 13.5. The van der Waals surface area contributed by atoms with Crippen molar-refractivity contribution in [3.05, 3.63) is 0 Å². The highest BCUT2D eigenvalue weighted by molar-refractivity contribution is 4.90. The lowest BCUT2D eigenvalue weighted by molar-refractivity contribution is 0.251. The van der Waals surface area contributed by atoms with Crippen molar-refractivity contribution in [3.8, 4) is 12.3 Å². The lowest BCUT2D eigenvalue weighted by atomic mass is 10.1. The van der Waals surface area contributed by atoms with Gasteiger partial charge >= 0.3 is 0 Å². The third-order valence-electron chi connectivity index (χ3n) is 3.02. The molecule has 0 heterocycles. The monoisotopic (exact) mass is 222 g/mol. The van der Waals surface area contributed by atoms with Crippen molar-refractivity contribution >= 4 is 0 Å². The van der Waals surface area contributed by atoms with Gasteiger partial charge in [0.05, 0.1) is 6.54 Å². The first-order valence-corrected chi connectivity index (χ1v) is 6.62. The van der Waals surface area contributed by atoms with Crippen LogP contribution in [-0.2, 0) is 0 Å². The summed E-state index contributed by atoms with van der Waals surface area (Å²) in [7, 11) is 0. The van der Waals surface area contributed by atoms with Gasteiger partial charge in [0.15, 0.2) is 0 Å². The molecular formula is C14H26N2. The summed E-state index contributed by atoms with van der Waals surface area (Å²) in [5.74, 6) is 4.41. The van der Waals surface area contributed by atoms with Gasteiger partial charge in [-0.05, 0) is 44.2 Å². The van der Waals surface area contributed by atoms with Gasteiger partial charge in [0, 0.05) is 13.1 Å². The molecule has 2 heteroatoms. The van der Waals surface area contributed by atoms with Crippen molar-refractivity contribution in [2.45, 2.75) is 33.1 Å². The van der Waals surface area contributed by atoms with Gasteiger partial charge in [0.2, 0.25) is 0 Å². The minimum atomic E-state index is 0.693. The third kappa shape index (κ3) is 6.15. The number of nitrogens with zero attached hydrogens (tertiary/aromatic N) is 1. The molecule has 0 aromatic heterocycles. The van der Waals surface area contributed by atoms with Crippen molar-refractivity contribution in [2.24, 2.45) is 11.8 Å². The SMILES string of the molecule is C#CCN(CC(C)CNCCC)CC1CC1. The van der Waals surface area contributed by atoms with Crippen LogP contribution in [0.3, 0.4) is 0 Å². The topological polar surface area (TPSA) is 15.3 Å². The fourth-order valence-electron chi connectivity index (χ4n) is 2.03. The van der Waals surface area contributed by atoms with E-state index in [4.69, 9.17) is 6.42 Å². The smallest absolute Gasteiger partial charge is 0.0599 e. The molecule has 1 rings (SSSR count). The Morgan fingerprint density at radius 3 is 2.81 bits per heavy atom. The van der Waals surface area contributed by atoms with E-state index in [-0.39, 0.29) is 0 Å². The summed E-state index contributed by atoms with van der Waals surface area (Å²) < 4.78 is 0. The van der Waals surface area contributed by atoms with Crippen LogP contribution in [0, 0.1) is 24.2 Å². The van der Waals surface area contributed by atoms with Crippen molar-refractivity contribution < 1.29 is 0 Å². The zero-order valence-corrected chi connectivity index (χ0v) is 10.8. The second kappa shape index (κ2) is 7.70. The lowest BCUT2D eigenvalue weighted by Gasteiger charge is -2.23. The molecule has 0 aliphatic heterocycles. The van der Waals surface area contributed by atoms with E-state index in [0.717, 1.165) is 32.1 Å². The molecule has 1 fully saturated rings. The van der Waals surface area contributed by atoms with Crippen molar-refractivity contribution in [1.29, 1.82) is 0 Å². The number of terminal acetylenes is 1. The number of nitrogens with one attached hydrogen (secondary N) is 1. The molecule has 1 aliphatic carbocycles. The second-order valence-corrected chi connectivity index (χ2v) is 5.15. The fraction of sp³-hybridized carbons (Fsp3) is 0.857. The van der Waals surface area contributed by atoms with Crippen molar-refractivity contribution in [3.63, 3.8) is 0 Å². The summed E-state index contributed by atoms with van der Waals surface area (Å²) >= 11 is 0. The largest absolute Gasteiger partial charge is 0.316 e. The van der Waals surface area contributed by atoms with Gasteiger partial charge < -0.3 is 5.32 Å². The molecule has 0 aromatic carbocycles. The summed E-state index contributed by atoms with van der Waals surface area (Å²) in [4.78, 5) is 2.44. The summed E-state index contributed by atoms with van der Waals surface area (Å²) in [5, 5.41) is 3.47. The summed E-state index contributed by atoms with van der Waals surface area (Å²) in [5.41, 5.74) is 0. The first-order chi connectivity index (χ1) is 7.76. The fourth-order valence-corrected chi connectivity index (χ4v) is 2.03. The van der Waals surface area contributed by atoms with E-state index < -0.39 is 0 Å². The van der Waals surface area contributed by atoms with Crippen LogP contribution in [0.1, 0.15) is 33.1 Å². The minimum absolute atomic E-state index is 0.693. The predicted octanol–water partition coefficient (Wildman–Crippen LogP) is 1.97. The summed E-state index contributed by atoms with van der Waals surface area (Å²) in [6, 6.07) is 0. The van der Waals surface area contributed by atoms with Crippen LogP contribution in [0.2, 0.25) is 0 Å². The Bertz CT molecular complexity index is 215. The van der Waals surface area contributed by atoms with E-state index in [2.05, 4.69) is 30.0 Å². The Hall–Kier alpha value is -0.520. The molecule has 0 aromatic rings. The molecule has 0 bridgehead atoms. The quantitative estimate of drug-likeness (QED) is 0.474. The first-order valence-electron chi connectivity index (χ1n) is 6.62. The van der Waals surface area contributed by atoms with Gasteiger partial charge in [0.1, 0.15) is 0 Å². The van der Waals surface area contributed by atoms with E-state index in [0.29, 0.717) is 5.92 Å². The maximum Gasteiger partial charge on any atom is 0.0599 e. The Morgan fingerprint density at radius 2 is 2.25 bits per heavy atom. The van der Waals surface area contributed by atoms with Crippen LogP contribution in [0.15, 0.2) is 0 Å². The van der Waals surface area contributed by atoms with E-state index in [1.165, 1.54) is 25.8 Å². The second-order valence-electron chi connectivity index (χ2n) is 5.15. The van der Waals surface area contributed by atoms with Crippen molar-refractivity contribution in [2.75, 3.05) is 32.7 Å². The summed E-state index contributed by atoms with van der Waals surface area (Å²) in [6.07, 6.45) is 9.44. The van der Waals surface area contributed by atoms with E-state index in [1.54, 1.807) is 0 Å². The number of rotatable bonds is 9. The zero-order chi connectivity index (χ0) is 11.8. The van der Waals surface area contributed by atoms with Crippen LogP contribution in [-0.4, -0.2) is 37.6 Å². The van der Waals surface area contributed by atoms with Crippen LogP contribution in [0.4, 0.5) is 0 Å². The van der Waals surface area contributed by atoms with E-state index in [9.17, 15) is 0 Å². The molecule has 1 aliphatic rings.